The van der Waals surface area contributed by atoms with Crippen molar-refractivity contribution < 1.29 is 13.2 Å². The quantitative estimate of drug-likeness (QED) is 0.899. The lowest BCUT2D eigenvalue weighted by Crippen LogP contribution is -2.29. The van der Waals surface area contributed by atoms with E-state index < -0.39 is 11.7 Å². The van der Waals surface area contributed by atoms with E-state index in [4.69, 9.17) is 0 Å². The molecular weight excluding hydrogens is 301 g/mol. The summed E-state index contributed by atoms with van der Waals surface area (Å²) < 4.78 is 39.0. The van der Waals surface area contributed by atoms with Crippen molar-refractivity contribution in [2.75, 3.05) is 26.2 Å². The summed E-state index contributed by atoms with van der Waals surface area (Å²) in [5, 5.41) is 3.37. The molecule has 1 aromatic carbocycles. The van der Waals surface area contributed by atoms with E-state index in [1.807, 2.05) is 0 Å². The molecule has 0 bridgehead atoms. The predicted octanol–water partition coefficient (Wildman–Crippen LogP) is 3.31. The molecule has 2 aliphatic rings. The van der Waals surface area contributed by atoms with Gasteiger partial charge in [-0.25, -0.2) is 0 Å². The maximum atomic E-state index is 13.0. The number of likely N-dealkylation sites (tertiary alicyclic amines) is 1. The van der Waals surface area contributed by atoms with E-state index in [1.165, 1.54) is 12.1 Å². The van der Waals surface area contributed by atoms with E-state index in [0.717, 1.165) is 39.0 Å². The highest BCUT2D eigenvalue weighted by Crippen LogP contribution is 2.38. The Bertz CT molecular complexity index is 484. The van der Waals surface area contributed by atoms with Crippen molar-refractivity contribution in [3.05, 3.63) is 35.4 Å². The van der Waals surface area contributed by atoms with E-state index in [1.54, 1.807) is 12.1 Å². The fraction of sp³-hybridized carbons (Fsp3) is 0.600. The Balaban J connectivity index is 0.00000161. The molecule has 1 N–H and O–H groups in total. The van der Waals surface area contributed by atoms with Crippen LogP contribution in [0.15, 0.2) is 24.3 Å². The molecule has 1 aromatic rings. The van der Waals surface area contributed by atoms with E-state index >= 15 is 0 Å². The maximum Gasteiger partial charge on any atom is 0.416 e. The van der Waals surface area contributed by atoms with Crippen LogP contribution in [0.1, 0.15) is 24.0 Å². The molecule has 118 valence electrons. The fourth-order valence-electron chi connectivity index (χ4n) is 3.48. The first-order valence-electron chi connectivity index (χ1n) is 7.07. The van der Waals surface area contributed by atoms with Crippen molar-refractivity contribution in [1.82, 2.24) is 10.2 Å². The fourth-order valence-corrected chi connectivity index (χ4v) is 3.48. The number of benzene rings is 1. The Morgan fingerprint density at radius 2 is 1.95 bits per heavy atom. The zero-order valence-electron chi connectivity index (χ0n) is 11.7. The van der Waals surface area contributed by atoms with Crippen molar-refractivity contribution in [2.24, 2.45) is 5.41 Å². The Kier molecular flexibility index (Phi) is 4.85. The minimum Gasteiger partial charge on any atom is -0.316 e. The molecule has 3 rings (SSSR count). The van der Waals surface area contributed by atoms with Crippen molar-refractivity contribution >= 4 is 12.4 Å². The largest absolute Gasteiger partial charge is 0.416 e. The van der Waals surface area contributed by atoms with Gasteiger partial charge < -0.3 is 5.32 Å². The average molecular weight is 321 g/mol. The Morgan fingerprint density at radius 1 is 1.19 bits per heavy atom. The van der Waals surface area contributed by atoms with Gasteiger partial charge in [0.05, 0.1) is 5.56 Å². The van der Waals surface area contributed by atoms with E-state index in [0.29, 0.717) is 17.5 Å². The van der Waals surface area contributed by atoms with Crippen LogP contribution in [0.25, 0.3) is 0 Å². The van der Waals surface area contributed by atoms with Gasteiger partial charge in [-0.15, -0.1) is 12.4 Å². The summed E-state index contributed by atoms with van der Waals surface area (Å²) in [5.41, 5.74) is 0.196. The zero-order valence-corrected chi connectivity index (χ0v) is 12.6. The third kappa shape index (κ3) is 3.52. The molecule has 0 radical (unpaired) electrons. The van der Waals surface area contributed by atoms with Crippen LogP contribution in [0.2, 0.25) is 0 Å². The van der Waals surface area contributed by atoms with Crippen molar-refractivity contribution in [2.45, 2.75) is 25.6 Å². The Morgan fingerprint density at radius 3 is 2.62 bits per heavy atom. The van der Waals surface area contributed by atoms with Crippen LogP contribution in [0.3, 0.4) is 0 Å². The molecule has 1 atom stereocenters. The number of hydrogen-bond acceptors (Lipinski definition) is 2. The Labute approximate surface area is 129 Å². The van der Waals surface area contributed by atoms with E-state index in [9.17, 15) is 13.2 Å². The van der Waals surface area contributed by atoms with E-state index in [-0.39, 0.29) is 12.4 Å². The summed E-state index contributed by atoms with van der Waals surface area (Å²) in [6.45, 7) is 4.24. The second-order valence-electron chi connectivity index (χ2n) is 6.04. The minimum absolute atomic E-state index is 0. The van der Waals surface area contributed by atoms with Gasteiger partial charge in [0.25, 0.3) is 0 Å². The molecule has 0 saturated carbocycles. The molecule has 2 heterocycles. The van der Waals surface area contributed by atoms with Crippen LogP contribution >= 0.6 is 12.4 Å². The summed E-state index contributed by atoms with van der Waals surface area (Å²) in [7, 11) is 0. The third-order valence-electron chi connectivity index (χ3n) is 4.57. The maximum absolute atomic E-state index is 13.0. The lowest BCUT2D eigenvalue weighted by Gasteiger charge is -2.23. The molecule has 6 heteroatoms. The minimum atomic E-state index is -4.26. The molecule has 2 fully saturated rings. The van der Waals surface area contributed by atoms with Gasteiger partial charge in [0.15, 0.2) is 0 Å². The molecule has 1 unspecified atom stereocenters. The number of alkyl halides is 3. The van der Waals surface area contributed by atoms with Gasteiger partial charge in [0.2, 0.25) is 0 Å². The van der Waals surface area contributed by atoms with Crippen LogP contribution in [-0.4, -0.2) is 31.1 Å². The summed E-state index contributed by atoms with van der Waals surface area (Å²) in [6, 6.07) is 5.92. The highest BCUT2D eigenvalue weighted by Gasteiger charge is 2.41. The number of rotatable bonds is 2. The number of nitrogens with one attached hydrogen (secondary N) is 1. The van der Waals surface area contributed by atoms with Crippen LogP contribution in [0.4, 0.5) is 13.2 Å². The molecule has 2 nitrogen and oxygen atoms in total. The van der Waals surface area contributed by atoms with Crippen LogP contribution in [-0.2, 0) is 12.7 Å². The lowest BCUT2D eigenvalue weighted by molar-refractivity contribution is -0.138. The second-order valence-corrected chi connectivity index (χ2v) is 6.04. The standard InChI is InChI=1S/C15H19F3N2.ClH/c16-15(17,18)13-4-2-1-3-12(13)9-20-8-6-14(11-20)5-7-19-10-14;/h1-4,19H,5-11H2;1H. The summed E-state index contributed by atoms with van der Waals surface area (Å²) in [5.74, 6) is 0. The van der Waals surface area contributed by atoms with Gasteiger partial charge in [0.1, 0.15) is 0 Å². The van der Waals surface area contributed by atoms with Gasteiger partial charge in [-0.3, -0.25) is 4.90 Å². The van der Waals surface area contributed by atoms with E-state index in [2.05, 4.69) is 10.2 Å². The van der Waals surface area contributed by atoms with Crippen LogP contribution in [0.5, 0.6) is 0 Å². The number of nitrogens with zero attached hydrogens (tertiary/aromatic N) is 1. The van der Waals surface area contributed by atoms with Crippen LogP contribution < -0.4 is 5.32 Å². The van der Waals surface area contributed by atoms with Crippen molar-refractivity contribution in [3.63, 3.8) is 0 Å². The number of halogens is 4. The molecule has 21 heavy (non-hydrogen) atoms. The highest BCUT2D eigenvalue weighted by atomic mass is 35.5. The summed E-state index contributed by atoms with van der Waals surface area (Å²) >= 11 is 0. The predicted molar refractivity (Wildman–Crippen MR) is 78.5 cm³/mol. The van der Waals surface area contributed by atoms with Gasteiger partial charge >= 0.3 is 6.18 Å². The first-order chi connectivity index (χ1) is 9.49. The highest BCUT2D eigenvalue weighted by molar-refractivity contribution is 5.85. The smallest absolute Gasteiger partial charge is 0.316 e. The molecule has 0 aliphatic carbocycles. The molecule has 2 aliphatic heterocycles. The summed E-state index contributed by atoms with van der Waals surface area (Å²) in [6.07, 6.45) is -2.03. The molecular formula is C15H20ClF3N2. The number of hydrogen-bond donors (Lipinski definition) is 1. The van der Waals surface area contributed by atoms with Crippen LogP contribution in [0, 0.1) is 5.41 Å². The van der Waals surface area contributed by atoms with Gasteiger partial charge in [0, 0.05) is 19.6 Å². The second kappa shape index (κ2) is 6.15. The lowest BCUT2D eigenvalue weighted by atomic mass is 9.86. The first-order valence-corrected chi connectivity index (χ1v) is 7.07. The van der Waals surface area contributed by atoms with Gasteiger partial charge in [-0.2, -0.15) is 13.2 Å². The SMILES string of the molecule is Cl.FC(F)(F)c1ccccc1CN1CCC2(CCNC2)C1. The monoisotopic (exact) mass is 320 g/mol. The molecule has 0 amide bonds. The third-order valence-corrected chi connectivity index (χ3v) is 4.57. The van der Waals surface area contributed by atoms with Crippen molar-refractivity contribution in [3.8, 4) is 0 Å². The first kappa shape index (κ1) is 16.6. The zero-order chi connectivity index (χ0) is 14.2. The van der Waals surface area contributed by atoms with Crippen molar-refractivity contribution in [1.29, 1.82) is 0 Å². The molecule has 2 saturated heterocycles. The summed E-state index contributed by atoms with van der Waals surface area (Å²) in [4.78, 5) is 2.16. The topological polar surface area (TPSA) is 15.3 Å². The Hall–Kier alpha value is -0.780. The molecule has 1 spiro atoms. The average Bonchev–Trinajstić information content (AvgIpc) is 3.00. The van der Waals surface area contributed by atoms with Gasteiger partial charge in [-0.1, -0.05) is 18.2 Å². The normalized spacial score (nSPS) is 26.2. The van der Waals surface area contributed by atoms with Gasteiger partial charge in [-0.05, 0) is 43.0 Å². The molecule has 0 aromatic heterocycles.